The minimum atomic E-state index is -10.2. The number of nitriles is 2. The van der Waals surface area contributed by atoms with Gasteiger partial charge < -0.3 is 10.4 Å². The van der Waals surface area contributed by atoms with E-state index in [-0.39, 0.29) is 49.1 Å². The van der Waals surface area contributed by atoms with Crippen molar-refractivity contribution in [1.29, 1.82) is 10.5 Å². The van der Waals surface area contributed by atoms with Crippen LogP contribution in [0.5, 0.6) is 0 Å². The fourth-order valence-electron chi connectivity index (χ4n) is 5.41. The van der Waals surface area contributed by atoms with Crippen molar-refractivity contribution in [2.75, 3.05) is 11.4 Å². The molecule has 1 aromatic carbocycles. The first kappa shape index (κ1) is 32.8. The van der Waals surface area contributed by atoms with E-state index in [4.69, 9.17) is 0 Å². The molecule has 1 aliphatic heterocycles. The lowest BCUT2D eigenvalue weighted by Crippen LogP contribution is -2.52. The number of likely N-dealkylation sites (tertiary alicyclic amines) is 1. The van der Waals surface area contributed by atoms with E-state index in [1.54, 1.807) is 6.19 Å². The number of β-amino-alcohol motifs (C(OH)–C–C–N with tert-alkyl or cyclic N) is 1. The summed E-state index contributed by atoms with van der Waals surface area (Å²) in [7, 11) is -10.2. The summed E-state index contributed by atoms with van der Waals surface area (Å²) in [6.07, 6.45) is 2.24. The van der Waals surface area contributed by atoms with E-state index in [9.17, 15) is 53.4 Å². The Balaban J connectivity index is 1.88. The van der Waals surface area contributed by atoms with Crippen LogP contribution in [0.2, 0.25) is 0 Å². The van der Waals surface area contributed by atoms with Crippen molar-refractivity contribution < 1.29 is 42.9 Å². The minimum Gasteiger partial charge on any atom is -0.388 e. The van der Waals surface area contributed by atoms with Crippen LogP contribution in [-0.2, 0) is 9.59 Å². The molecule has 4 rings (SSSR count). The van der Waals surface area contributed by atoms with E-state index in [0.29, 0.717) is 17.0 Å². The van der Waals surface area contributed by atoms with Gasteiger partial charge in [-0.1, -0.05) is 19.4 Å². The standard InChI is InChI=1S/C27H27F7N6O3S/c1-26(43)12-22(39(15-26)16-36)25(42)40(19-2-4-20(5-3-19)44(30,31,32,33)34)23(21-14-37-11-8-17(21)13-35)24(41)38-18-6-9-27(28,29)10-7-18/h2-5,8,11,14,18,22-23,43H,6-7,9-10,12,15H2,1H3,(H,38,41)/t22-,23?,26-/m1/s1. The monoisotopic (exact) mass is 648 g/mol. The first-order valence-electron chi connectivity index (χ1n) is 13.2. The van der Waals surface area contributed by atoms with Gasteiger partial charge in [-0.15, -0.1) is 0 Å². The number of benzene rings is 1. The van der Waals surface area contributed by atoms with Gasteiger partial charge in [-0.05, 0) is 50.1 Å². The number of carbonyl (C=O) groups excluding carboxylic acids is 2. The molecule has 2 aromatic rings. The molecule has 2 N–H and O–H groups in total. The quantitative estimate of drug-likeness (QED) is 0.291. The number of hydrogen-bond acceptors (Lipinski definition) is 7. The summed E-state index contributed by atoms with van der Waals surface area (Å²) in [6.45, 7) is 1.01. The highest BCUT2D eigenvalue weighted by molar-refractivity contribution is 8.45. The maximum atomic E-state index is 14.2. The van der Waals surface area contributed by atoms with Gasteiger partial charge in [0.05, 0.1) is 23.8 Å². The Hall–Kier alpha value is -4.09. The number of nitrogens with zero attached hydrogens (tertiary/aromatic N) is 5. The Morgan fingerprint density at radius 1 is 1.11 bits per heavy atom. The van der Waals surface area contributed by atoms with Crippen molar-refractivity contribution in [2.24, 2.45) is 0 Å². The number of pyridine rings is 1. The Labute approximate surface area is 247 Å². The van der Waals surface area contributed by atoms with Crippen LogP contribution < -0.4 is 10.2 Å². The number of carbonyl (C=O) groups is 2. The van der Waals surface area contributed by atoms with Crippen LogP contribution in [0, 0.1) is 22.8 Å². The number of rotatable bonds is 7. The van der Waals surface area contributed by atoms with Crippen molar-refractivity contribution in [3.05, 3.63) is 53.9 Å². The van der Waals surface area contributed by atoms with E-state index >= 15 is 0 Å². The van der Waals surface area contributed by atoms with Crippen LogP contribution in [0.3, 0.4) is 0 Å². The Morgan fingerprint density at radius 2 is 1.73 bits per heavy atom. The molecule has 3 atom stereocenters. The van der Waals surface area contributed by atoms with Crippen molar-refractivity contribution in [3.8, 4) is 12.3 Å². The summed E-state index contributed by atoms with van der Waals surface area (Å²) in [5, 5.41) is 32.6. The number of hydrogen-bond donors (Lipinski definition) is 2. The maximum absolute atomic E-state index is 14.2. The molecular weight excluding hydrogens is 621 g/mol. The number of alkyl halides is 2. The fourth-order valence-corrected chi connectivity index (χ4v) is 6.06. The highest BCUT2D eigenvalue weighted by Gasteiger charge is 2.65. The molecule has 1 aromatic heterocycles. The Morgan fingerprint density at radius 3 is 2.27 bits per heavy atom. The van der Waals surface area contributed by atoms with Gasteiger partial charge in [0, 0.05) is 48.9 Å². The summed E-state index contributed by atoms with van der Waals surface area (Å²) in [4.78, 5) is 31.3. The lowest BCUT2D eigenvalue weighted by molar-refractivity contribution is -0.129. The first-order chi connectivity index (χ1) is 20.1. The lowest BCUT2D eigenvalue weighted by atomic mass is 9.91. The molecule has 9 nitrogen and oxygen atoms in total. The first-order valence-corrected chi connectivity index (χ1v) is 15.2. The Bertz CT molecular complexity index is 1530. The number of aliphatic hydroxyl groups is 1. The summed E-state index contributed by atoms with van der Waals surface area (Å²) >= 11 is 0. The molecule has 2 heterocycles. The average molecular weight is 649 g/mol. The SMILES string of the molecule is C[C@@]1(O)C[C@H](C(=O)N(c2ccc(S(F)(F)(F)(F)F)cc2)C(C(=O)NC2CCC(F)(F)CC2)c2cnccc2C#N)N(C#N)C1. The van der Waals surface area contributed by atoms with Gasteiger partial charge in [0.25, 0.3) is 5.91 Å². The van der Waals surface area contributed by atoms with Crippen molar-refractivity contribution >= 4 is 27.7 Å². The maximum Gasteiger partial charge on any atom is 0.310 e. The van der Waals surface area contributed by atoms with E-state index < -0.39 is 75.1 Å². The van der Waals surface area contributed by atoms with Gasteiger partial charge in [0.1, 0.15) is 17.0 Å². The third kappa shape index (κ3) is 7.16. The number of anilines is 1. The van der Waals surface area contributed by atoms with Crippen molar-refractivity contribution in [3.63, 3.8) is 0 Å². The molecule has 238 valence electrons. The molecule has 0 spiro atoms. The van der Waals surface area contributed by atoms with Crippen molar-refractivity contribution in [1.82, 2.24) is 15.2 Å². The number of halogens is 7. The normalized spacial score (nSPS) is 24.2. The van der Waals surface area contributed by atoms with Gasteiger partial charge >= 0.3 is 10.2 Å². The molecular formula is C27H27F7N6O3S. The second-order valence-electron chi connectivity index (χ2n) is 11.2. The molecule has 1 unspecified atom stereocenters. The van der Waals surface area contributed by atoms with Gasteiger partial charge in [-0.3, -0.25) is 24.4 Å². The van der Waals surface area contributed by atoms with Crippen LogP contribution in [0.25, 0.3) is 0 Å². The number of aromatic nitrogens is 1. The average Bonchev–Trinajstić information content (AvgIpc) is 3.25. The van der Waals surface area contributed by atoms with E-state index in [0.717, 1.165) is 11.1 Å². The highest BCUT2D eigenvalue weighted by Crippen LogP contribution is 3.02. The lowest BCUT2D eigenvalue weighted by Gasteiger charge is -2.41. The third-order valence-electron chi connectivity index (χ3n) is 7.57. The molecule has 2 amide bonds. The number of amides is 2. The van der Waals surface area contributed by atoms with E-state index in [1.165, 1.54) is 19.2 Å². The molecule has 0 radical (unpaired) electrons. The van der Waals surface area contributed by atoms with Crippen LogP contribution in [0.4, 0.5) is 33.9 Å². The van der Waals surface area contributed by atoms with Crippen LogP contribution in [0.1, 0.15) is 56.2 Å². The largest absolute Gasteiger partial charge is 0.388 e. The molecule has 1 saturated heterocycles. The second kappa shape index (κ2) is 10.5. The molecule has 2 aliphatic rings. The van der Waals surface area contributed by atoms with Gasteiger partial charge in [-0.2, -0.15) is 10.5 Å². The summed E-state index contributed by atoms with van der Waals surface area (Å²) < 4.78 is 95.2. The fraction of sp³-hybridized carbons (Fsp3) is 0.444. The molecule has 1 saturated carbocycles. The van der Waals surface area contributed by atoms with Crippen LogP contribution in [-0.4, -0.2) is 57.0 Å². The Kier molecular flexibility index (Phi) is 7.85. The van der Waals surface area contributed by atoms with E-state index in [2.05, 4.69) is 10.3 Å². The van der Waals surface area contributed by atoms with Crippen molar-refractivity contribution in [2.45, 2.75) is 73.6 Å². The topological polar surface area (TPSA) is 133 Å². The minimum absolute atomic E-state index is 0.0384. The molecule has 0 bridgehead atoms. The smallest absolute Gasteiger partial charge is 0.310 e. The highest BCUT2D eigenvalue weighted by atomic mass is 32.5. The summed E-state index contributed by atoms with van der Waals surface area (Å²) in [5.74, 6) is -5.07. The zero-order valence-electron chi connectivity index (χ0n) is 23.1. The summed E-state index contributed by atoms with van der Waals surface area (Å²) in [6, 6.07) is 0.0302. The van der Waals surface area contributed by atoms with Crippen LogP contribution >= 0.6 is 10.2 Å². The second-order valence-corrected chi connectivity index (χ2v) is 13.6. The zero-order valence-corrected chi connectivity index (χ0v) is 23.9. The third-order valence-corrected chi connectivity index (χ3v) is 8.73. The predicted molar refractivity (Wildman–Crippen MR) is 144 cm³/mol. The molecule has 44 heavy (non-hydrogen) atoms. The van der Waals surface area contributed by atoms with Gasteiger partial charge in [0.2, 0.25) is 11.8 Å². The van der Waals surface area contributed by atoms with Crippen LogP contribution in [0.15, 0.2) is 47.6 Å². The van der Waals surface area contributed by atoms with E-state index in [1.807, 2.05) is 6.07 Å². The van der Waals surface area contributed by atoms with Gasteiger partial charge in [-0.25, -0.2) is 8.78 Å². The zero-order chi connectivity index (χ0) is 32.8. The number of nitrogens with one attached hydrogen (secondary N) is 1. The molecule has 1 aliphatic carbocycles. The van der Waals surface area contributed by atoms with Gasteiger partial charge in [0.15, 0.2) is 6.19 Å². The molecule has 2 fully saturated rings. The molecule has 17 heteroatoms. The predicted octanol–water partition coefficient (Wildman–Crippen LogP) is 5.69. The summed E-state index contributed by atoms with van der Waals surface area (Å²) in [5.41, 5.74) is -2.47.